The second-order valence-electron chi connectivity index (χ2n) is 2.62. The molecule has 1 aliphatic heterocycles. The summed E-state index contributed by atoms with van der Waals surface area (Å²) in [6.45, 7) is 0. The summed E-state index contributed by atoms with van der Waals surface area (Å²) >= 11 is 5.39. The van der Waals surface area contributed by atoms with Crippen molar-refractivity contribution >= 4 is 31.6 Å². The molecule has 0 N–H and O–H groups in total. The number of rotatable bonds is 1. The molecule has 12 heavy (non-hydrogen) atoms. The van der Waals surface area contributed by atoms with Crippen molar-refractivity contribution in [3.63, 3.8) is 0 Å². The van der Waals surface area contributed by atoms with Gasteiger partial charge in [-0.25, -0.2) is 16.8 Å². The molecule has 2 atom stereocenters. The standard InChI is InChI=1S/C4H7ClO5S2/c5-3-1-11(6,7)2-4(3)12(8,9)10/h3-4H,1-2H2,(H,8,9,10)/p-1. The zero-order chi connectivity index (χ0) is 9.57. The van der Waals surface area contributed by atoms with E-state index in [0.717, 1.165) is 0 Å². The smallest absolute Gasteiger partial charge is 0.153 e. The van der Waals surface area contributed by atoms with E-state index in [9.17, 15) is 21.4 Å². The summed E-state index contributed by atoms with van der Waals surface area (Å²) in [7, 11) is -8.02. The van der Waals surface area contributed by atoms with Gasteiger partial charge in [0.1, 0.15) is 10.1 Å². The minimum Gasteiger partial charge on any atom is -0.748 e. The molecule has 0 aromatic carbocycles. The fourth-order valence-corrected chi connectivity index (χ4v) is 5.64. The Bertz CT molecular complexity index is 368. The van der Waals surface area contributed by atoms with Crippen molar-refractivity contribution in [3.05, 3.63) is 0 Å². The van der Waals surface area contributed by atoms with Gasteiger partial charge in [-0.15, -0.1) is 11.6 Å². The normalized spacial score (nSPS) is 35.2. The minimum atomic E-state index is -4.58. The van der Waals surface area contributed by atoms with Crippen LogP contribution >= 0.6 is 11.6 Å². The summed E-state index contributed by atoms with van der Waals surface area (Å²) in [6.07, 6.45) is 0. The van der Waals surface area contributed by atoms with Gasteiger partial charge in [0.05, 0.1) is 22.1 Å². The summed E-state index contributed by atoms with van der Waals surface area (Å²) in [5.41, 5.74) is 0. The number of alkyl halides is 1. The van der Waals surface area contributed by atoms with Gasteiger partial charge in [-0.2, -0.15) is 0 Å². The maximum Gasteiger partial charge on any atom is 0.153 e. The molecule has 72 valence electrons. The predicted octanol–water partition coefficient (Wildman–Crippen LogP) is -1.06. The van der Waals surface area contributed by atoms with Crippen LogP contribution in [0.2, 0.25) is 0 Å². The number of halogens is 1. The van der Waals surface area contributed by atoms with Crippen molar-refractivity contribution < 1.29 is 21.4 Å². The highest BCUT2D eigenvalue weighted by atomic mass is 35.5. The molecule has 0 aromatic rings. The van der Waals surface area contributed by atoms with E-state index in [4.69, 9.17) is 11.6 Å². The third-order valence-corrected chi connectivity index (χ3v) is 5.58. The molecule has 0 bridgehead atoms. The van der Waals surface area contributed by atoms with E-state index in [1.165, 1.54) is 0 Å². The molecule has 0 aliphatic carbocycles. The largest absolute Gasteiger partial charge is 0.748 e. The highest BCUT2D eigenvalue weighted by Gasteiger charge is 2.40. The summed E-state index contributed by atoms with van der Waals surface area (Å²) in [6, 6.07) is 0. The summed E-state index contributed by atoms with van der Waals surface area (Å²) in [4.78, 5) is 0. The molecule has 0 amide bonds. The lowest BCUT2D eigenvalue weighted by atomic mass is 10.4. The first-order valence-electron chi connectivity index (χ1n) is 3.01. The monoisotopic (exact) mass is 233 g/mol. The highest BCUT2D eigenvalue weighted by molar-refractivity contribution is 7.94. The van der Waals surface area contributed by atoms with E-state index >= 15 is 0 Å². The summed E-state index contributed by atoms with van der Waals surface area (Å²) in [5.74, 6) is -1.08. The van der Waals surface area contributed by atoms with Crippen molar-refractivity contribution in [1.82, 2.24) is 0 Å². The van der Waals surface area contributed by atoms with Crippen LogP contribution in [0.4, 0.5) is 0 Å². The molecule has 1 rings (SSSR count). The Morgan fingerprint density at radius 2 is 1.83 bits per heavy atom. The van der Waals surface area contributed by atoms with Crippen LogP contribution in [-0.4, -0.2) is 43.5 Å². The fourth-order valence-electron chi connectivity index (χ4n) is 1.04. The minimum absolute atomic E-state index is 0.430. The van der Waals surface area contributed by atoms with Crippen molar-refractivity contribution in [1.29, 1.82) is 0 Å². The van der Waals surface area contributed by atoms with Crippen LogP contribution in [0.25, 0.3) is 0 Å². The zero-order valence-corrected chi connectivity index (χ0v) is 8.19. The highest BCUT2D eigenvalue weighted by Crippen LogP contribution is 2.23. The van der Waals surface area contributed by atoms with E-state index in [1.807, 2.05) is 0 Å². The average Bonchev–Trinajstić information content (AvgIpc) is 2.03. The molecule has 8 heteroatoms. The number of hydrogen-bond acceptors (Lipinski definition) is 5. The number of hydrogen-bond donors (Lipinski definition) is 0. The van der Waals surface area contributed by atoms with Crippen LogP contribution in [-0.2, 0) is 20.0 Å². The Morgan fingerprint density at radius 1 is 1.33 bits per heavy atom. The van der Waals surface area contributed by atoms with E-state index in [0.29, 0.717) is 0 Å². The zero-order valence-electron chi connectivity index (χ0n) is 5.80. The van der Waals surface area contributed by atoms with Crippen LogP contribution in [0.5, 0.6) is 0 Å². The van der Waals surface area contributed by atoms with Crippen molar-refractivity contribution in [2.75, 3.05) is 11.5 Å². The summed E-state index contributed by atoms with van der Waals surface area (Å²) < 4.78 is 52.9. The molecular formula is C4H6ClO5S2-. The lowest BCUT2D eigenvalue weighted by Crippen LogP contribution is -2.28. The third kappa shape index (κ3) is 2.09. The van der Waals surface area contributed by atoms with Gasteiger partial charge in [0.2, 0.25) is 0 Å². The molecule has 1 heterocycles. The Hall–Kier alpha value is 0.150. The second kappa shape index (κ2) is 2.83. The van der Waals surface area contributed by atoms with Crippen LogP contribution in [0.3, 0.4) is 0 Å². The Balaban J connectivity index is 3.01. The Kier molecular flexibility index (Phi) is 2.41. The van der Waals surface area contributed by atoms with Gasteiger partial charge in [-0.05, 0) is 0 Å². The van der Waals surface area contributed by atoms with Crippen LogP contribution in [0.1, 0.15) is 0 Å². The molecule has 1 aliphatic rings. The lowest BCUT2D eigenvalue weighted by molar-refractivity contribution is 0.452. The van der Waals surface area contributed by atoms with E-state index < -0.39 is 42.1 Å². The maximum atomic E-state index is 10.8. The first-order valence-corrected chi connectivity index (χ1v) is 6.74. The molecule has 1 fully saturated rings. The molecule has 0 aromatic heterocycles. The van der Waals surface area contributed by atoms with Crippen LogP contribution in [0, 0.1) is 0 Å². The van der Waals surface area contributed by atoms with E-state index in [-0.39, 0.29) is 0 Å². The summed E-state index contributed by atoms with van der Waals surface area (Å²) in [5, 5.41) is -2.58. The molecule has 0 saturated carbocycles. The van der Waals surface area contributed by atoms with Crippen LogP contribution < -0.4 is 0 Å². The van der Waals surface area contributed by atoms with Gasteiger partial charge < -0.3 is 4.55 Å². The van der Waals surface area contributed by atoms with E-state index in [2.05, 4.69) is 0 Å². The van der Waals surface area contributed by atoms with Gasteiger partial charge in [-0.3, -0.25) is 0 Å². The molecule has 5 nitrogen and oxygen atoms in total. The topological polar surface area (TPSA) is 91.3 Å². The average molecular weight is 234 g/mol. The SMILES string of the molecule is O=S1(=O)CC(Cl)C(S(=O)(=O)[O-])C1. The van der Waals surface area contributed by atoms with Crippen LogP contribution in [0.15, 0.2) is 0 Å². The Morgan fingerprint density at radius 3 is 2.00 bits per heavy atom. The van der Waals surface area contributed by atoms with Gasteiger partial charge >= 0.3 is 0 Å². The number of sulfone groups is 1. The van der Waals surface area contributed by atoms with Gasteiger partial charge in [0.15, 0.2) is 9.84 Å². The van der Waals surface area contributed by atoms with Crippen molar-refractivity contribution in [2.24, 2.45) is 0 Å². The van der Waals surface area contributed by atoms with Crippen molar-refractivity contribution in [3.8, 4) is 0 Å². The molecule has 1 saturated heterocycles. The second-order valence-corrected chi connectivity index (χ2v) is 6.93. The first-order chi connectivity index (χ1) is 5.22. The first kappa shape index (κ1) is 10.2. The quantitative estimate of drug-likeness (QED) is 0.425. The molecule has 0 radical (unpaired) electrons. The fraction of sp³-hybridized carbons (Fsp3) is 1.00. The predicted molar refractivity (Wildman–Crippen MR) is 41.8 cm³/mol. The molecule has 0 spiro atoms. The van der Waals surface area contributed by atoms with Crippen molar-refractivity contribution in [2.45, 2.75) is 10.6 Å². The van der Waals surface area contributed by atoms with Gasteiger partial charge in [-0.1, -0.05) is 0 Å². The Labute approximate surface area is 75.4 Å². The third-order valence-electron chi connectivity index (χ3n) is 1.61. The van der Waals surface area contributed by atoms with Gasteiger partial charge in [0.25, 0.3) is 0 Å². The van der Waals surface area contributed by atoms with E-state index in [1.54, 1.807) is 0 Å². The molecular weight excluding hydrogens is 228 g/mol. The lowest BCUT2D eigenvalue weighted by Gasteiger charge is -2.15. The maximum absolute atomic E-state index is 10.8. The van der Waals surface area contributed by atoms with Gasteiger partial charge in [0, 0.05) is 0 Å². The molecule has 2 unspecified atom stereocenters.